The fourth-order valence-electron chi connectivity index (χ4n) is 5.14. The number of methoxy groups -OCH3 is 1. The number of benzene rings is 2. The molecule has 1 fully saturated rings. The van der Waals surface area contributed by atoms with Crippen LogP contribution in [-0.2, 0) is 22.6 Å². The smallest absolute Gasteiger partial charge is 0.292 e. The molecule has 1 saturated heterocycles. The van der Waals surface area contributed by atoms with Crippen molar-refractivity contribution in [2.45, 2.75) is 38.5 Å². The van der Waals surface area contributed by atoms with Crippen molar-refractivity contribution >= 4 is 23.5 Å². The minimum absolute atomic E-state index is 0.137. The van der Waals surface area contributed by atoms with E-state index in [1.807, 2.05) is 25.1 Å². The number of hydrogen-bond donors (Lipinski definition) is 2. The average molecular weight is 586 g/mol. The van der Waals surface area contributed by atoms with Crippen molar-refractivity contribution in [3.05, 3.63) is 77.4 Å². The molecule has 2 aromatic carbocycles. The predicted molar refractivity (Wildman–Crippen MR) is 153 cm³/mol. The summed E-state index contributed by atoms with van der Waals surface area (Å²) in [4.78, 5) is 45.0. The topological polar surface area (TPSA) is 149 Å². The molecule has 4 aromatic rings. The van der Waals surface area contributed by atoms with E-state index in [4.69, 9.17) is 14.2 Å². The van der Waals surface area contributed by atoms with Gasteiger partial charge in [0.05, 0.1) is 19.7 Å². The van der Waals surface area contributed by atoms with E-state index in [0.717, 1.165) is 16.8 Å². The van der Waals surface area contributed by atoms with E-state index in [-0.39, 0.29) is 49.7 Å². The number of ether oxygens (including phenoxy) is 3. The molecule has 5 aliphatic rings. The number of carbonyl (C=O) groups is 3. The molecule has 9 rings (SSSR count). The Kier molecular flexibility index (Phi) is 7.77. The Hall–Kier alpha value is -5.20. The molecule has 13 nitrogen and oxygen atoms in total. The molecule has 3 amide bonds. The summed E-state index contributed by atoms with van der Waals surface area (Å²) in [6, 6.07) is 14.0. The van der Waals surface area contributed by atoms with E-state index in [1.54, 1.807) is 45.8 Å². The molecule has 222 valence electrons. The lowest BCUT2D eigenvalue weighted by Crippen LogP contribution is -2.45. The van der Waals surface area contributed by atoms with Crippen LogP contribution >= 0.6 is 0 Å². The van der Waals surface area contributed by atoms with Crippen molar-refractivity contribution in [1.82, 2.24) is 35.1 Å². The van der Waals surface area contributed by atoms with Gasteiger partial charge in [-0.3, -0.25) is 18.8 Å². The van der Waals surface area contributed by atoms with Crippen molar-refractivity contribution in [3.63, 3.8) is 0 Å². The molecular formula is C30H31N7O6. The molecule has 5 aliphatic heterocycles. The maximum Gasteiger partial charge on any atom is 0.292 e. The Morgan fingerprint density at radius 1 is 1.00 bits per heavy atom. The molecule has 43 heavy (non-hydrogen) atoms. The highest BCUT2D eigenvalue weighted by Gasteiger charge is 2.39. The summed E-state index contributed by atoms with van der Waals surface area (Å²) in [5.41, 5.74) is 2.50. The first-order valence-corrected chi connectivity index (χ1v) is 14.0. The van der Waals surface area contributed by atoms with E-state index < -0.39 is 12.1 Å². The number of carbonyl (C=O) groups excluding carboxylic acids is 3. The van der Waals surface area contributed by atoms with Gasteiger partial charge < -0.3 is 29.7 Å². The average Bonchev–Trinajstić information content (AvgIpc) is 3.61. The quantitative estimate of drug-likeness (QED) is 0.357. The standard InChI is InChI=1S/C30H31N7O6/c1-18-11-12-37-28(34-35-30(37)32-18)29(40)36-15-22-25(16-36)43-21-7-3-20(4-8-21)14-31-27(39)17-42-23-9-5-19(13-24(23)41-2)6-10-26(38)33-22/h3-5,7-9,11-13,22,25H,6,10,14-17H2,1-2H3,(H,31,39)(H,33,38)/t22-,25-/m0/s1. The number of likely N-dealkylation sites (tertiary alicyclic amines) is 1. The molecule has 2 N–H and O–H groups in total. The van der Waals surface area contributed by atoms with Gasteiger partial charge in [-0.05, 0) is 54.8 Å². The van der Waals surface area contributed by atoms with Crippen LogP contribution in [0.2, 0.25) is 0 Å². The number of fused-ring (bicyclic) bond motifs is 1. The number of aromatic nitrogens is 4. The molecule has 0 aliphatic carbocycles. The number of nitrogens with one attached hydrogen (secondary N) is 2. The Labute approximate surface area is 247 Å². The Morgan fingerprint density at radius 2 is 1.81 bits per heavy atom. The maximum atomic E-state index is 13.6. The minimum Gasteiger partial charge on any atom is -0.493 e. The number of nitrogens with zero attached hydrogens (tertiary/aromatic N) is 5. The number of aryl methyl sites for hydroxylation is 2. The van der Waals surface area contributed by atoms with Gasteiger partial charge in [-0.15, -0.1) is 10.2 Å². The zero-order valence-corrected chi connectivity index (χ0v) is 23.8. The SMILES string of the molecule is COc1cc2ccc1OCC(=O)NCc1ccc(cc1)O[C@H]1CN(C(=O)c3nnc4nc(C)ccn34)C[C@@H]1NC(=O)CC2. The third-order valence-corrected chi connectivity index (χ3v) is 7.44. The summed E-state index contributed by atoms with van der Waals surface area (Å²) in [7, 11) is 1.52. The van der Waals surface area contributed by atoms with E-state index in [9.17, 15) is 14.4 Å². The van der Waals surface area contributed by atoms with E-state index in [0.29, 0.717) is 36.0 Å². The van der Waals surface area contributed by atoms with Crippen LogP contribution in [0.3, 0.4) is 0 Å². The molecule has 0 unspecified atom stereocenters. The van der Waals surface area contributed by atoms with Gasteiger partial charge in [-0.2, -0.15) is 0 Å². The first kappa shape index (κ1) is 27.9. The third kappa shape index (κ3) is 6.20. The summed E-state index contributed by atoms with van der Waals surface area (Å²) >= 11 is 0. The van der Waals surface area contributed by atoms with Crippen LogP contribution in [0.4, 0.5) is 0 Å². The molecule has 0 saturated carbocycles. The molecule has 2 atom stereocenters. The van der Waals surface area contributed by atoms with Crippen LogP contribution < -0.4 is 24.8 Å². The van der Waals surface area contributed by atoms with Gasteiger partial charge in [0.15, 0.2) is 18.1 Å². The van der Waals surface area contributed by atoms with Gasteiger partial charge in [-0.1, -0.05) is 18.2 Å². The lowest BCUT2D eigenvalue weighted by atomic mass is 10.1. The molecule has 7 heterocycles. The van der Waals surface area contributed by atoms with Crippen molar-refractivity contribution in [2.75, 3.05) is 26.8 Å². The van der Waals surface area contributed by atoms with E-state index in [2.05, 4.69) is 25.8 Å². The first-order chi connectivity index (χ1) is 20.9. The maximum absolute atomic E-state index is 13.6. The lowest BCUT2D eigenvalue weighted by molar-refractivity contribution is -0.123. The summed E-state index contributed by atoms with van der Waals surface area (Å²) in [6.45, 7) is 2.44. The van der Waals surface area contributed by atoms with Gasteiger partial charge in [0.25, 0.3) is 17.6 Å². The molecule has 0 spiro atoms. The molecule has 13 heteroatoms. The first-order valence-electron chi connectivity index (χ1n) is 14.0. The van der Waals surface area contributed by atoms with Crippen LogP contribution in [-0.4, -0.2) is 81.2 Å². The monoisotopic (exact) mass is 585 g/mol. The summed E-state index contributed by atoms with van der Waals surface area (Å²) in [5.74, 6) is 1.16. The van der Waals surface area contributed by atoms with Crippen LogP contribution in [0.1, 0.15) is 33.9 Å². The van der Waals surface area contributed by atoms with Crippen LogP contribution in [0.15, 0.2) is 54.7 Å². The summed E-state index contributed by atoms with van der Waals surface area (Å²) in [6.07, 6.45) is 1.86. The largest absolute Gasteiger partial charge is 0.493 e. The van der Waals surface area contributed by atoms with Gasteiger partial charge in [0.1, 0.15) is 11.9 Å². The normalized spacial score (nSPS) is 19.3. The van der Waals surface area contributed by atoms with E-state index >= 15 is 0 Å². The van der Waals surface area contributed by atoms with Crippen molar-refractivity contribution in [2.24, 2.45) is 0 Å². The van der Waals surface area contributed by atoms with Gasteiger partial charge in [0.2, 0.25) is 11.7 Å². The van der Waals surface area contributed by atoms with Crippen molar-refractivity contribution in [3.8, 4) is 17.2 Å². The highest BCUT2D eigenvalue weighted by Crippen LogP contribution is 2.29. The lowest BCUT2D eigenvalue weighted by Gasteiger charge is -2.21. The van der Waals surface area contributed by atoms with Crippen LogP contribution in [0.5, 0.6) is 17.2 Å². The Morgan fingerprint density at radius 3 is 2.63 bits per heavy atom. The Bertz CT molecular complexity index is 1670. The summed E-state index contributed by atoms with van der Waals surface area (Å²) in [5, 5.41) is 14.0. The fraction of sp³-hybridized carbons (Fsp3) is 0.333. The minimum atomic E-state index is -0.514. The predicted octanol–water partition coefficient (Wildman–Crippen LogP) is 1.47. The molecule has 0 radical (unpaired) electrons. The number of amides is 3. The van der Waals surface area contributed by atoms with Gasteiger partial charge in [-0.25, -0.2) is 4.98 Å². The van der Waals surface area contributed by atoms with Crippen molar-refractivity contribution in [1.29, 1.82) is 0 Å². The second kappa shape index (κ2) is 12.0. The molecular weight excluding hydrogens is 554 g/mol. The zero-order valence-electron chi connectivity index (χ0n) is 23.8. The Balaban J connectivity index is 1.25. The zero-order chi connectivity index (χ0) is 29.9. The second-order valence-electron chi connectivity index (χ2n) is 10.5. The van der Waals surface area contributed by atoms with Gasteiger partial charge >= 0.3 is 0 Å². The molecule has 2 aromatic heterocycles. The summed E-state index contributed by atoms with van der Waals surface area (Å²) < 4.78 is 19.0. The van der Waals surface area contributed by atoms with E-state index in [1.165, 1.54) is 7.11 Å². The number of hydrogen-bond acceptors (Lipinski definition) is 9. The highest BCUT2D eigenvalue weighted by molar-refractivity contribution is 5.91. The fourth-order valence-corrected chi connectivity index (χ4v) is 5.14. The van der Waals surface area contributed by atoms with Gasteiger partial charge in [0, 0.05) is 31.4 Å². The highest BCUT2D eigenvalue weighted by atomic mass is 16.5. The van der Waals surface area contributed by atoms with Crippen molar-refractivity contribution < 1.29 is 28.6 Å². The third-order valence-electron chi connectivity index (χ3n) is 7.44. The molecule has 4 bridgehead atoms. The van der Waals surface area contributed by atoms with Crippen LogP contribution in [0, 0.1) is 6.92 Å². The van der Waals surface area contributed by atoms with Crippen LogP contribution in [0.25, 0.3) is 5.78 Å². The second-order valence-corrected chi connectivity index (χ2v) is 10.5. The number of rotatable bonds is 2.